The molecule has 1 fully saturated rings. The van der Waals surface area contributed by atoms with Crippen LogP contribution in [-0.4, -0.2) is 37.7 Å². The van der Waals surface area contributed by atoms with Crippen LogP contribution in [0.1, 0.15) is 42.1 Å². The maximum atomic E-state index is 14.6. The van der Waals surface area contributed by atoms with Crippen LogP contribution < -0.4 is 0 Å². The number of aryl methyl sites for hydroxylation is 1. The van der Waals surface area contributed by atoms with Gasteiger partial charge in [-0.1, -0.05) is 36.5 Å². The van der Waals surface area contributed by atoms with Crippen molar-refractivity contribution in [2.75, 3.05) is 13.1 Å². The molecule has 0 saturated carbocycles. The molecule has 0 unspecified atom stereocenters. The minimum Gasteiger partial charge on any atom is -0.492 e. The van der Waals surface area contributed by atoms with Gasteiger partial charge in [-0.25, -0.2) is 9.37 Å². The second-order valence-corrected chi connectivity index (χ2v) is 7.82. The fraction of sp³-hybridized carbons (Fsp3) is 0.444. The number of hydrogen-bond donors (Lipinski definition) is 1. The van der Waals surface area contributed by atoms with E-state index in [9.17, 15) is 9.50 Å². The van der Waals surface area contributed by atoms with Crippen molar-refractivity contribution in [3.63, 3.8) is 0 Å². The summed E-state index contributed by atoms with van der Waals surface area (Å²) in [4.78, 5) is 7.96. The number of fused-ring (bicyclic) bond motifs is 1. The predicted molar refractivity (Wildman–Crippen MR) is 95.5 cm³/mol. The SMILES string of the molecule is Cc1nc2sc([C@H](c3ccccc3F)N3CCC[C@@H](C)C3)c(O)n2n1. The highest BCUT2D eigenvalue weighted by atomic mass is 32.1. The van der Waals surface area contributed by atoms with Crippen molar-refractivity contribution >= 4 is 16.3 Å². The molecule has 1 N–H and O–H groups in total. The van der Waals surface area contributed by atoms with Crippen LogP contribution in [0.2, 0.25) is 0 Å². The molecule has 3 aromatic rings. The van der Waals surface area contributed by atoms with Gasteiger partial charge in [0.1, 0.15) is 11.6 Å². The number of benzene rings is 1. The summed E-state index contributed by atoms with van der Waals surface area (Å²) in [6.45, 7) is 5.77. The van der Waals surface area contributed by atoms with Crippen molar-refractivity contribution in [2.24, 2.45) is 5.92 Å². The lowest BCUT2D eigenvalue weighted by Gasteiger charge is -2.37. The van der Waals surface area contributed by atoms with Crippen LogP contribution >= 0.6 is 11.3 Å². The van der Waals surface area contributed by atoms with Crippen LogP contribution in [0.3, 0.4) is 0 Å². The van der Waals surface area contributed by atoms with Crippen molar-refractivity contribution in [3.8, 4) is 5.88 Å². The Balaban J connectivity index is 1.85. The Hall–Kier alpha value is -1.99. The molecule has 5 nitrogen and oxygen atoms in total. The van der Waals surface area contributed by atoms with E-state index in [2.05, 4.69) is 21.9 Å². The minimum atomic E-state index is -0.322. The molecule has 25 heavy (non-hydrogen) atoms. The van der Waals surface area contributed by atoms with E-state index < -0.39 is 0 Å². The second-order valence-electron chi connectivity index (χ2n) is 6.81. The summed E-state index contributed by atoms with van der Waals surface area (Å²) < 4.78 is 16.1. The second kappa shape index (κ2) is 6.38. The molecular weight excluding hydrogens is 339 g/mol. The van der Waals surface area contributed by atoms with Crippen LogP contribution in [0.25, 0.3) is 4.96 Å². The Morgan fingerprint density at radius 3 is 2.88 bits per heavy atom. The quantitative estimate of drug-likeness (QED) is 0.773. The number of nitrogens with zero attached hydrogens (tertiary/aromatic N) is 4. The van der Waals surface area contributed by atoms with E-state index in [0.29, 0.717) is 27.1 Å². The molecule has 0 bridgehead atoms. The van der Waals surface area contributed by atoms with Crippen molar-refractivity contribution < 1.29 is 9.50 Å². The standard InChI is InChI=1S/C18H21FN4OS/c1-11-6-5-9-22(10-11)15(13-7-3-4-8-14(13)19)16-17(24)23-18(25-16)20-12(2)21-23/h3-4,7-8,11,15,24H,5-6,9-10H2,1-2H3/t11-,15+/m1/s1. The average molecular weight is 360 g/mol. The van der Waals surface area contributed by atoms with Gasteiger partial charge in [0, 0.05) is 12.1 Å². The lowest BCUT2D eigenvalue weighted by Crippen LogP contribution is -2.38. The van der Waals surface area contributed by atoms with Gasteiger partial charge in [-0.15, -0.1) is 5.10 Å². The highest BCUT2D eigenvalue weighted by Gasteiger charge is 2.33. The van der Waals surface area contributed by atoms with Crippen LogP contribution in [0.5, 0.6) is 5.88 Å². The summed E-state index contributed by atoms with van der Waals surface area (Å²) in [5.41, 5.74) is 0.591. The molecule has 3 heterocycles. The number of aromatic nitrogens is 3. The fourth-order valence-electron chi connectivity index (χ4n) is 3.69. The van der Waals surface area contributed by atoms with Gasteiger partial charge >= 0.3 is 0 Å². The molecular formula is C18H21FN4OS. The van der Waals surface area contributed by atoms with E-state index in [-0.39, 0.29) is 17.7 Å². The molecule has 1 aromatic carbocycles. The molecule has 2 aromatic heterocycles. The van der Waals surface area contributed by atoms with Gasteiger partial charge in [0.05, 0.1) is 10.9 Å². The topological polar surface area (TPSA) is 53.7 Å². The van der Waals surface area contributed by atoms with E-state index >= 15 is 0 Å². The average Bonchev–Trinajstić information content (AvgIpc) is 3.08. The summed E-state index contributed by atoms with van der Waals surface area (Å²) in [6, 6.07) is 6.50. The lowest BCUT2D eigenvalue weighted by molar-refractivity contribution is 0.147. The minimum absolute atomic E-state index is 0.0621. The van der Waals surface area contributed by atoms with Crippen molar-refractivity contribution in [2.45, 2.75) is 32.7 Å². The third-order valence-corrected chi connectivity index (χ3v) is 5.88. The molecule has 0 amide bonds. The number of rotatable bonds is 3. The van der Waals surface area contributed by atoms with E-state index in [4.69, 9.17) is 0 Å². The van der Waals surface area contributed by atoms with E-state index in [0.717, 1.165) is 19.5 Å². The zero-order valence-electron chi connectivity index (χ0n) is 14.3. The highest BCUT2D eigenvalue weighted by molar-refractivity contribution is 7.17. The number of piperidine rings is 1. The Kier molecular flexibility index (Phi) is 4.21. The Bertz CT molecular complexity index is 906. The molecule has 0 aliphatic carbocycles. The molecule has 132 valence electrons. The number of thiazole rings is 1. The maximum Gasteiger partial charge on any atom is 0.230 e. The van der Waals surface area contributed by atoms with Crippen molar-refractivity contribution in [1.82, 2.24) is 19.5 Å². The van der Waals surface area contributed by atoms with Crippen LogP contribution in [-0.2, 0) is 0 Å². The third-order valence-electron chi connectivity index (χ3n) is 4.81. The molecule has 1 saturated heterocycles. The van der Waals surface area contributed by atoms with Gasteiger partial charge in [-0.3, -0.25) is 4.90 Å². The first-order valence-corrected chi connectivity index (χ1v) is 9.39. The number of hydrogen-bond acceptors (Lipinski definition) is 5. The molecule has 2 atom stereocenters. The first-order valence-electron chi connectivity index (χ1n) is 8.58. The molecule has 1 aliphatic rings. The lowest BCUT2D eigenvalue weighted by atomic mass is 9.95. The van der Waals surface area contributed by atoms with Crippen molar-refractivity contribution in [3.05, 3.63) is 46.3 Å². The fourth-order valence-corrected chi connectivity index (χ4v) is 4.84. The zero-order valence-corrected chi connectivity index (χ0v) is 15.1. The van der Waals surface area contributed by atoms with Crippen molar-refractivity contribution in [1.29, 1.82) is 0 Å². The first-order chi connectivity index (χ1) is 12.0. The van der Waals surface area contributed by atoms with Crippen LogP contribution in [0.15, 0.2) is 24.3 Å². The summed E-state index contributed by atoms with van der Waals surface area (Å²) >= 11 is 1.38. The summed E-state index contributed by atoms with van der Waals surface area (Å²) in [6.07, 6.45) is 2.26. The largest absolute Gasteiger partial charge is 0.492 e. The normalized spacial score (nSPS) is 20.2. The summed E-state index contributed by atoms with van der Waals surface area (Å²) in [5.74, 6) is 0.976. The number of halogens is 1. The van der Waals surface area contributed by atoms with Gasteiger partial charge in [0.25, 0.3) is 0 Å². The third kappa shape index (κ3) is 2.91. The number of likely N-dealkylation sites (tertiary alicyclic amines) is 1. The van der Waals surface area contributed by atoms with Gasteiger partial charge < -0.3 is 5.11 Å². The van der Waals surface area contributed by atoms with Gasteiger partial charge in [-0.05, 0) is 38.3 Å². The molecule has 0 radical (unpaired) electrons. The Morgan fingerprint density at radius 2 is 2.16 bits per heavy atom. The van der Waals surface area contributed by atoms with Crippen LogP contribution in [0, 0.1) is 18.7 Å². The van der Waals surface area contributed by atoms with E-state index in [1.165, 1.54) is 28.3 Å². The smallest absolute Gasteiger partial charge is 0.230 e. The summed E-state index contributed by atoms with van der Waals surface area (Å²) in [5, 5.41) is 15.0. The summed E-state index contributed by atoms with van der Waals surface area (Å²) in [7, 11) is 0. The predicted octanol–water partition coefficient (Wildman–Crippen LogP) is 3.77. The first kappa shape index (κ1) is 16.5. The Labute approximate surface area is 149 Å². The molecule has 1 aliphatic heterocycles. The van der Waals surface area contributed by atoms with E-state index in [1.54, 1.807) is 19.1 Å². The van der Waals surface area contributed by atoms with Crippen LogP contribution in [0.4, 0.5) is 4.39 Å². The highest BCUT2D eigenvalue weighted by Crippen LogP contribution is 2.41. The van der Waals surface area contributed by atoms with Gasteiger partial charge in [0.2, 0.25) is 10.8 Å². The van der Waals surface area contributed by atoms with Gasteiger partial charge in [-0.2, -0.15) is 4.52 Å². The van der Waals surface area contributed by atoms with E-state index in [1.807, 2.05) is 6.07 Å². The Morgan fingerprint density at radius 1 is 1.36 bits per heavy atom. The maximum absolute atomic E-state index is 14.6. The molecule has 0 spiro atoms. The zero-order chi connectivity index (χ0) is 17.6. The molecule has 4 rings (SSSR count). The number of aromatic hydroxyl groups is 1. The molecule has 7 heteroatoms. The monoisotopic (exact) mass is 360 g/mol. The van der Waals surface area contributed by atoms with Gasteiger partial charge in [0.15, 0.2) is 0 Å².